The Morgan fingerprint density at radius 2 is 1.92 bits per heavy atom. The molecular weight excluding hydrogens is 354 g/mol. The third-order valence-electron chi connectivity index (χ3n) is 2.63. The number of hydrogen-bond acceptors (Lipinski definition) is 6. The second-order valence-electron chi connectivity index (χ2n) is 4.50. The Hall–Kier alpha value is -2.72. The molecule has 10 heteroatoms. The molecule has 2 aromatic rings. The fourth-order valence-electron chi connectivity index (χ4n) is 1.67. The van der Waals surface area contributed by atoms with Crippen LogP contribution in [0, 0.1) is 0 Å². The zero-order valence-corrected chi connectivity index (χ0v) is 14.0. The number of amides is 1. The summed E-state index contributed by atoms with van der Waals surface area (Å²) in [7, 11) is -4.02. The van der Waals surface area contributed by atoms with Crippen LogP contribution in [0.5, 0.6) is 0 Å². The van der Waals surface area contributed by atoms with Gasteiger partial charge in [0, 0.05) is 5.69 Å². The number of hydrogen-bond donors (Lipinski definition) is 2. The lowest BCUT2D eigenvalue weighted by atomic mass is 10.3. The van der Waals surface area contributed by atoms with Crippen molar-refractivity contribution in [2.24, 2.45) is 4.40 Å². The zero-order chi connectivity index (χ0) is 17.7. The number of carbonyl (C=O) groups is 1. The van der Waals surface area contributed by atoms with Gasteiger partial charge in [0.2, 0.25) is 0 Å². The molecule has 2 rings (SSSR count). The van der Waals surface area contributed by atoms with Crippen molar-refractivity contribution < 1.29 is 22.7 Å². The molecule has 0 bridgehead atoms. The lowest BCUT2D eigenvalue weighted by Crippen LogP contribution is -2.33. The molecule has 1 aromatic heterocycles. The minimum absolute atomic E-state index is 0.0143. The molecule has 8 nitrogen and oxygen atoms in total. The van der Waals surface area contributed by atoms with E-state index < -0.39 is 21.8 Å². The zero-order valence-electron chi connectivity index (χ0n) is 12.3. The van der Waals surface area contributed by atoms with Gasteiger partial charge in [-0.2, -0.15) is 12.8 Å². The van der Waals surface area contributed by atoms with E-state index in [-0.39, 0.29) is 15.8 Å². The topological polar surface area (TPSA) is 124 Å². The van der Waals surface area contributed by atoms with Crippen molar-refractivity contribution in [2.75, 3.05) is 5.32 Å². The highest BCUT2D eigenvalue weighted by molar-refractivity contribution is 7.90. The van der Waals surface area contributed by atoms with Crippen molar-refractivity contribution in [1.29, 1.82) is 0 Å². The predicted octanol–water partition coefficient (Wildman–Crippen LogP) is 0.874. The molecule has 0 spiro atoms. The number of nitrogens with zero attached hydrogens (tertiary/aromatic N) is 1. The van der Waals surface area contributed by atoms with Gasteiger partial charge in [0.25, 0.3) is 15.9 Å². The molecule has 0 aliphatic heterocycles. The number of furan rings is 1. The summed E-state index contributed by atoms with van der Waals surface area (Å²) < 4.78 is 31.5. The van der Waals surface area contributed by atoms with Crippen LogP contribution in [0.1, 0.15) is 17.5 Å². The Balaban J connectivity index is 2.03. The predicted molar refractivity (Wildman–Crippen MR) is 89.1 cm³/mol. The number of nitrogens with one attached hydrogen (secondary N) is 2. The summed E-state index contributed by atoms with van der Waals surface area (Å²) in [5, 5.41) is 16.0. The molecule has 1 amide bonds. The maximum absolute atomic E-state index is 11.8. The van der Waals surface area contributed by atoms with Crippen molar-refractivity contribution in [3.05, 3.63) is 48.4 Å². The van der Waals surface area contributed by atoms with Gasteiger partial charge in [-0.3, -0.25) is 10.1 Å². The molecule has 0 radical (unpaired) electrons. The fourth-order valence-corrected chi connectivity index (χ4v) is 2.80. The second-order valence-corrected chi connectivity index (χ2v) is 6.51. The van der Waals surface area contributed by atoms with Crippen molar-refractivity contribution in [3.8, 4) is 0 Å². The maximum Gasteiger partial charge on any atom is 0.293 e. The van der Waals surface area contributed by atoms with Crippen LogP contribution in [-0.2, 0) is 10.0 Å². The molecule has 0 saturated heterocycles. The maximum atomic E-state index is 11.8. The standard InChI is InChI=1S/C14H13N3O5S2/c1-9(18)17-24(20,21)11-6-4-10(5-7-11)15-14(23)16-13(19)12-3-2-8-22-12/h2-8H,1H3,(H,17,18)(H2,15,16,19,23)/p-1. The monoisotopic (exact) mass is 366 g/mol. The largest absolute Gasteiger partial charge is 0.861 e. The average molecular weight is 366 g/mol. The molecule has 0 aliphatic carbocycles. The van der Waals surface area contributed by atoms with E-state index in [2.05, 4.69) is 15.0 Å². The van der Waals surface area contributed by atoms with E-state index in [0.717, 1.165) is 6.92 Å². The fraction of sp³-hybridized carbons (Fsp3) is 0.0714. The summed E-state index contributed by atoms with van der Waals surface area (Å²) >= 11 is 4.98. The van der Waals surface area contributed by atoms with Crippen molar-refractivity contribution in [1.82, 2.24) is 5.32 Å². The highest BCUT2D eigenvalue weighted by Crippen LogP contribution is 2.16. The van der Waals surface area contributed by atoms with Crippen LogP contribution in [0.3, 0.4) is 0 Å². The Labute approximate surface area is 143 Å². The van der Waals surface area contributed by atoms with E-state index in [9.17, 15) is 18.3 Å². The summed E-state index contributed by atoms with van der Waals surface area (Å²) in [6, 6.07) is 8.43. The van der Waals surface area contributed by atoms with Gasteiger partial charge in [-0.1, -0.05) is 0 Å². The molecule has 1 aromatic carbocycles. The van der Waals surface area contributed by atoms with Gasteiger partial charge in [0.1, 0.15) is 0 Å². The van der Waals surface area contributed by atoms with E-state index in [1.165, 1.54) is 36.6 Å². The van der Waals surface area contributed by atoms with Crippen molar-refractivity contribution >= 4 is 44.8 Å². The highest BCUT2D eigenvalue weighted by Gasteiger charge is 2.13. The van der Waals surface area contributed by atoms with Crippen LogP contribution in [-0.4, -0.2) is 25.3 Å². The number of carbonyl (C=O) groups excluding carboxylic acids is 1. The average Bonchev–Trinajstić information content (AvgIpc) is 3.00. The lowest BCUT2D eigenvalue weighted by Gasteiger charge is -2.09. The van der Waals surface area contributed by atoms with E-state index in [1.54, 1.807) is 6.07 Å². The molecule has 2 N–H and O–H groups in total. The molecule has 126 valence electrons. The summed E-state index contributed by atoms with van der Waals surface area (Å²) in [5.74, 6) is -1.22. The minimum atomic E-state index is -4.02. The van der Waals surface area contributed by atoms with Crippen LogP contribution in [0.4, 0.5) is 5.69 Å². The number of sulfonamides is 1. The van der Waals surface area contributed by atoms with Crippen LogP contribution < -0.4 is 15.7 Å². The third-order valence-corrected chi connectivity index (χ3v) is 4.20. The van der Waals surface area contributed by atoms with Gasteiger partial charge < -0.3 is 14.8 Å². The third kappa shape index (κ3) is 4.64. The number of rotatable bonds is 4. The summed E-state index contributed by atoms with van der Waals surface area (Å²) in [4.78, 5) is 11.6. The van der Waals surface area contributed by atoms with Crippen molar-refractivity contribution in [3.63, 3.8) is 0 Å². The normalized spacial score (nSPS) is 11.8. The summed E-state index contributed by atoms with van der Waals surface area (Å²) in [5.41, 5.74) is 0.446. The number of anilines is 1. The first-order valence-corrected chi connectivity index (χ1v) is 8.37. The number of benzene rings is 1. The Kier molecular flexibility index (Phi) is 5.31. The SMILES string of the molecule is CC([O-])=NS(=O)(=O)c1ccc(NC(=S)NC(=O)c2ccco2)cc1. The van der Waals surface area contributed by atoms with Gasteiger partial charge in [-0.15, -0.1) is 0 Å². The van der Waals surface area contributed by atoms with Crippen LogP contribution in [0.2, 0.25) is 0 Å². The van der Waals surface area contributed by atoms with Gasteiger partial charge in [-0.05, 0) is 61.4 Å². The Bertz CT molecular complexity index is 868. The van der Waals surface area contributed by atoms with E-state index >= 15 is 0 Å². The van der Waals surface area contributed by atoms with Crippen LogP contribution in [0.25, 0.3) is 0 Å². The second kappa shape index (κ2) is 7.23. The first-order valence-electron chi connectivity index (χ1n) is 6.52. The molecule has 0 atom stereocenters. The highest BCUT2D eigenvalue weighted by atomic mass is 32.2. The first kappa shape index (κ1) is 17.6. The Morgan fingerprint density at radius 1 is 1.25 bits per heavy atom. The molecular formula is C14H12N3O5S2-. The van der Waals surface area contributed by atoms with Gasteiger partial charge in [0.05, 0.1) is 11.2 Å². The Morgan fingerprint density at radius 3 is 2.46 bits per heavy atom. The lowest BCUT2D eigenvalue weighted by molar-refractivity contribution is -0.215. The molecule has 0 aliphatic rings. The van der Waals surface area contributed by atoms with Crippen LogP contribution in [0.15, 0.2) is 56.4 Å². The van der Waals surface area contributed by atoms with Gasteiger partial charge >= 0.3 is 0 Å². The molecule has 24 heavy (non-hydrogen) atoms. The van der Waals surface area contributed by atoms with E-state index in [0.29, 0.717) is 5.69 Å². The molecule has 0 saturated carbocycles. The van der Waals surface area contributed by atoms with Gasteiger partial charge in [0.15, 0.2) is 10.9 Å². The molecule has 0 unspecified atom stereocenters. The summed E-state index contributed by atoms with van der Waals surface area (Å²) in [6.45, 7) is 1.05. The van der Waals surface area contributed by atoms with Gasteiger partial charge in [-0.25, -0.2) is 0 Å². The van der Waals surface area contributed by atoms with E-state index in [4.69, 9.17) is 16.6 Å². The minimum Gasteiger partial charge on any atom is -0.861 e. The summed E-state index contributed by atoms with van der Waals surface area (Å²) in [6.07, 6.45) is 1.36. The smallest absolute Gasteiger partial charge is 0.293 e. The van der Waals surface area contributed by atoms with Crippen molar-refractivity contribution in [2.45, 2.75) is 11.8 Å². The quantitative estimate of drug-likeness (QED) is 0.467. The molecule has 1 heterocycles. The van der Waals surface area contributed by atoms with Crippen LogP contribution >= 0.6 is 12.2 Å². The van der Waals surface area contributed by atoms with E-state index in [1.807, 2.05) is 0 Å². The molecule has 0 fully saturated rings. The number of thiocarbonyl (C=S) groups is 1. The first-order chi connectivity index (χ1) is 11.3.